The summed E-state index contributed by atoms with van der Waals surface area (Å²) >= 11 is 0. The standard InChI is InChI=1S/C15H12F2N4O2/c16-13(17)14-20-19-12-5-4-10(7-21(12)14)15(23)18-11-3-1-2-9(6-11)8-22/h1-7,13,22H,8H2,(H,18,23). The molecule has 0 fully saturated rings. The van der Waals surface area contributed by atoms with Gasteiger partial charge in [-0.3, -0.25) is 9.20 Å². The number of aliphatic hydroxyl groups excluding tert-OH is 1. The largest absolute Gasteiger partial charge is 0.392 e. The normalized spacial score (nSPS) is 11.1. The summed E-state index contributed by atoms with van der Waals surface area (Å²) in [6.07, 6.45) is -1.52. The number of amides is 1. The Kier molecular flexibility index (Phi) is 3.98. The van der Waals surface area contributed by atoms with Gasteiger partial charge in [0.25, 0.3) is 12.3 Å². The van der Waals surface area contributed by atoms with Crippen molar-refractivity contribution < 1.29 is 18.7 Å². The average Bonchev–Trinajstić information content (AvgIpc) is 2.98. The molecule has 0 aliphatic rings. The Labute approximate surface area is 129 Å². The van der Waals surface area contributed by atoms with E-state index in [4.69, 9.17) is 5.11 Å². The third kappa shape index (κ3) is 3.02. The molecule has 0 bridgehead atoms. The lowest BCUT2D eigenvalue weighted by molar-refractivity contribution is 0.102. The first-order valence-corrected chi connectivity index (χ1v) is 6.72. The van der Waals surface area contributed by atoms with E-state index in [1.807, 2.05) is 0 Å². The van der Waals surface area contributed by atoms with Gasteiger partial charge in [0, 0.05) is 11.9 Å². The minimum absolute atomic E-state index is 0.145. The molecule has 3 aromatic rings. The maximum Gasteiger partial charge on any atom is 0.297 e. The minimum atomic E-state index is -2.79. The highest BCUT2D eigenvalue weighted by Gasteiger charge is 2.17. The number of aromatic nitrogens is 3. The van der Waals surface area contributed by atoms with Gasteiger partial charge in [0.1, 0.15) is 0 Å². The van der Waals surface area contributed by atoms with E-state index in [9.17, 15) is 13.6 Å². The molecule has 1 amide bonds. The third-order valence-corrected chi connectivity index (χ3v) is 3.25. The van der Waals surface area contributed by atoms with Crippen LogP contribution in [0.1, 0.15) is 28.2 Å². The van der Waals surface area contributed by atoms with E-state index in [0.717, 1.165) is 4.40 Å². The number of carbonyl (C=O) groups excluding carboxylic acids is 1. The number of pyridine rings is 1. The lowest BCUT2D eigenvalue weighted by atomic mass is 10.2. The molecule has 0 spiro atoms. The molecule has 118 valence electrons. The first-order valence-electron chi connectivity index (χ1n) is 6.72. The Morgan fingerprint density at radius 1 is 1.26 bits per heavy atom. The van der Waals surface area contributed by atoms with E-state index in [1.54, 1.807) is 24.3 Å². The van der Waals surface area contributed by atoms with Crippen LogP contribution in [-0.4, -0.2) is 25.6 Å². The molecular weight excluding hydrogens is 306 g/mol. The van der Waals surface area contributed by atoms with Crippen molar-refractivity contribution in [3.63, 3.8) is 0 Å². The molecule has 2 heterocycles. The number of nitrogens with one attached hydrogen (secondary N) is 1. The number of hydrogen-bond acceptors (Lipinski definition) is 4. The summed E-state index contributed by atoms with van der Waals surface area (Å²) in [4.78, 5) is 12.2. The number of aliphatic hydroxyl groups is 1. The van der Waals surface area contributed by atoms with Gasteiger partial charge in [0.2, 0.25) is 5.82 Å². The zero-order chi connectivity index (χ0) is 16.4. The smallest absolute Gasteiger partial charge is 0.297 e. The van der Waals surface area contributed by atoms with Crippen molar-refractivity contribution in [2.24, 2.45) is 0 Å². The van der Waals surface area contributed by atoms with Crippen LogP contribution in [0.15, 0.2) is 42.6 Å². The van der Waals surface area contributed by atoms with Gasteiger partial charge in [-0.05, 0) is 29.8 Å². The second-order valence-corrected chi connectivity index (χ2v) is 4.82. The monoisotopic (exact) mass is 318 g/mol. The molecule has 6 nitrogen and oxygen atoms in total. The van der Waals surface area contributed by atoms with Crippen LogP contribution in [0.5, 0.6) is 0 Å². The van der Waals surface area contributed by atoms with E-state index in [0.29, 0.717) is 11.3 Å². The number of nitrogens with zero attached hydrogens (tertiary/aromatic N) is 3. The molecule has 0 aliphatic carbocycles. The quantitative estimate of drug-likeness (QED) is 0.774. The van der Waals surface area contributed by atoms with Gasteiger partial charge < -0.3 is 10.4 Å². The summed E-state index contributed by atoms with van der Waals surface area (Å²) < 4.78 is 26.8. The molecule has 0 radical (unpaired) electrons. The topological polar surface area (TPSA) is 79.5 Å². The van der Waals surface area contributed by atoms with Crippen molar-refractivity contribution in [2.75, 3.05) is 5.32 Å². The first-order chi connectivity index (χ1) is 11.1. The number of rotatable bonds is 4. The van der Waals surface area contributed by atoms with Crippen LogP contribution < -0.4 is 5.32 Å². The molecule has 0 saturated carbocycles. The van der Waals surface area contributed by atoms with E-state index >= 15 is 0 Å². The molecule has 1 aromatic carbocycles. The van der Waals surface area contributed by atoms with E-state index < -0.39 is 18.2 Å². The number of alkyl halides is 2. The Bertz CT molecular complexity index is 864. The van der Waals surface area contributed by atoms with Crippen molar-refractivity contribution in [1.29, 1.82) is 0 Å². The van der Waals surface area contributed by atoms with Crippen molar-refractivity contribution in [1.82, 2.24) is 14.6 Å². The fraction of sp³-hybridized carbons (Fsp3) is 0.133. The molecule has 23 heavy (non-hydrogen) atoms. The predicted octanol–water partition coefficient (Wildman–Crippen LogP) is 2.41. The van der Waals surface area contributed by atoms with Gasteiger partial charge in [0.15, 0.2) is 5.65 Å². The van der Waals surface area contributed by atoms with Crippen LogP contribution in [0, 0.1) is 0 Å². The Morgan fingerprint density at radius 2 is 2.09 bits per heavy atom. The summed E-state index contributed by atoms with van der Waals surface area (Å²) in [5.74, 6) is -0.979. The van der Waals surface area contributed by atoms with Crippen LogP contribution in [0.3, 0.4) is 0 Å². The van der Waals surface area contributed by atoms with Crippen molar-refractivity contribution >= 4 is 17.2 Å². The highest BCUT2D eigenvalue weighted by atomic mass is 19.3. The Balaban J connectivity index is 1.89. The number of benzene rings is 1. The zero-order valence-electron chi connectivity index (χ0n) is 11.8. The zero-order valence-corrected chi connectivity index (χ0v) is 11.8. The van der Waals surface area contributed by atoms with Crippen LogP contribution in [0.4, 0.5) is 14.5 Å². The highest BCUT2D eigenvalue weighted by Crippen LogP contribution is 2.18. The molecule has 8 heteroatoms. The first kappa shape index (κ1) is 15.0. The van der Waals surface area contributed by atoms with Gasteiger partial charge in [-0.1, -0.05) is 12.1 Å². The number of carbonyl (C=O) groups is 1. The highest BCUT2D eigenvalue weighted by molar-refractivity contribution is 6.04. The van der Waals surface area contributed by atoms with Gasteiger partial charge in [-0.15, -0.1) is 10.2 Å². The molecule has 0 atom stereocenters. The van der Waals surface area contributed by atoms with E-state index in [1.165, 1.54) is 18.3 Å². The summed E-state index contributed by atoms with van der Waals surface area (Å²) in [6, 6.07) is 9.62. The lowest BCUT2D eigenvalue weighted by Gasteiger charge is -2.07. The molecule has 2 N–H and O–H groups in total. The molecule has 0 saturated heterocycles. The Hall–Kier alpha value is -2.87. The van der Waals surface area contributed by atoms with E-state index in [-0.39, 0.29) is 17.8 Å². The summed E-state index contributed by atoms with van der Waals surface area (Å²) in [6.45, 7) is -0.145. The third-order valence-electron chi connectivity index (χ3n) is 3.25. The SMILES string of the molecule is O=C(Nc1cccc(CO)c1)c1ccc2nnc(C(F)F)n2c1. The maximum atomic E-state index is 12.8. The summed E-state index contributed by atoms with van der Waals surface area (Å²) in [5, 5.41) is 18.8. The second-order valence-electron chi connectivity index (χ2n) is 4.82. The predicted molar refractivity (Wildman–Crippen MR) is 78.3 cm³/mol. The fourth-order valence-electron chi connectivity index (χ4n) is 2.14. The second kappa shape index (κ2) is 6.09. The molecule has 0 unspecified atom stereocenters. The number of halogens is 2. The lowest BCUT2D eigenvalue weighted by Crippen LogP contribution is -2.13. The van der Waals surface area contributed by atoms with Crippen molar-refractivity contribution in [3.8, 4) is 0 Å². The molecule has 2 aromatic heterocycles. The van der Waals surface area contributed by atoms with Gasteiger partial charge in [-0.25, -0.2) is 8.78 Å². The van der Waals surface area contributed by atoms with Gasteiger partial charge in [0.05, 0.1) is 12.2 Å². The van der Waals surface area contributed by atoms with Crippen LogP contribution >= 0.6 is 0 Å². The average molecular weight is 318 g/mol. The van der Waals surface area contributed by atoms with Crippen molar-refractivity contribution in [3.05, 3.63) is 59.5 Å². The molecule has 3 rings (SSSR count). The van der Waals surface area contributed by atoms with Crippen LogP contribution in [0.2, 0.25) is 0 Å². The summed E-state index contributed by atoms with van der Waals surface area (Å²) in [5.41, 5.74) is 1.57. The minimum Gasteiger partial charge on any atom is -0.392 e. The maximum absolute atomic E-state index is 12.8. The van der Waals surface area contributed by atoms with Crippen LogP contribution in [0.25, 0.3) is 5.65 Å². The van der Waals surface area contributed by atoms with Crippen LogP contribution in [-0.2, 0) is 6.61 Å². The molecular formula is C15H12F2N4O2. The van der Waals surface area contributed by atoms with Gasteiger partial charge in [-0.2, -0.15) is 0 Å². The van der Waals surface area contributed by atoms with Crippen molar-refractivity contribution in [2.45, 2.75) is 13.0 Å². The Morgan fingerprint density at radius 3 is 2.83 bits per heavy atom. The number of fused-ring (bicyclic) bond motifs is 1. The van der Waals surface area contributed by atoms with Gasteiger partial charge >= 0.3 is 0 Å². The van der Waals surface area contributed by atoms with E-state index in [2.05, 4.69) is 15.5 Å². The number of hydrogen-bond donors (Lipinski definition) is 2. The number of anilines is 1. The fourth-order valence-corrected chi connectivity index (χ4v) is 2.14. The molecule has 0 aliphatic heterocycles. The summed E-state index contributed by atoms with van der Waals surface area (Å²) in [7, 11) is 0.